The van der Waals surface area contributed by atoms with E-state index in [2.05, 4.69) is 21.8 Å². The maximum atomic E-state index is 12.7. The molecule has 0 aliphatic carbocycles. The van der Waals surface area contributed by atoms with Gasteiger partial charge in [-0.25, -0.2) is 9.97 Å². The molecule has 3 aliphatic rings. The highest BCUT2D eigenvalue weighted by atomic mass is 16.5. The summed E-state index contributed by atoms with van der Waals surface area (Å²) < 4.78 is 5.04. The van der Waals surface area contributed by atoms with Crippen LogP contribution in [0.3, 0.4) is 0 Å². The van der Waals surface area contributed by atoms with Crippen molar-refractivity contribution in [3.63, 3.8) is 0 Å². The summed E-state index contributed by atoms with van der Waals surface area (Å²) in [5, 5.41) is 0. The smallest absolute Gasteiger partial charge is 0.325 e. The van der Waals surface area contributed by atoms with Crippen molar-refractivity contribution in [2.45, 2.75) is 51.6 Å². The molecule has 1 atom stereocenters. The van der Waals surface area contributed by atoms with E-state index in [9.17, 15) is 14.4 Å². The van der Waals surface area contributed by atoms with Crippen molar-refractivity contribution in [1.29, 1.82) is 0 Å². The Balaban J connectivity index is 1.48. The number of hydrogen-bond acceptors (Lipinski definition) is 8. The van der Waals surface area contributed by atoms with Crippen LogP contribution in [0.5, 0.6) is 0 Å². The molecule has 2 saturated heterocycles. The minimum absolute atomic E-state index is 0.00510. The van der Waals surface area contributed by atoms with Crippen LogP contribution in [-0.4, -0.2) is 101 Å². The van der Waals surface area contributed by atoms with E-state index in [0.29, 0.717) is 32.7 Å². The number of likely N-dealkylation sites (tertiary alicyclic amines) is 1. The van der Waals surface area contributed by atoms with Gasteiger partial charge < -0.3 is 19.4 Å². The third-order valence-corrected chi connectivity index (χ3v) is 7.28. The number of rotatable bonds is 4. The SMILES string of the molecule is CCOC(=O)CN1CCC2(CCC1=O)CN(c1ncc3c(n1)CCN(C(C)=O)C3)CCN2C. The number of anilines is 1. The summed E-state index contributed by atoms with van der Waals surface area (Å²) in [6, 6.07) is 0. The standard InChI is InChI=1S/C23H34N6O4/c1-4-33-21(32)15-28-10-8-23(7-5-20(28)31)16-29(12-11-26(23)3)22-24-13-18-14-27(17(2)30)9-6-19(18)25-22/h13H,4-12,14-16H2,1-3H3. The molecule has 1 aromatic heterocycles. The average molecular weight is 459 g/mol. The summed E-state index contributed by atoms with van der Waals surface area (Å²) >= 11 is 0. The first kappa shape index (κ1) is 23.4. The number of esters is 1. The van der Waals surface area contributed by atoms with Gasteiger partial charge in [0.1, 0.15) is 6.54 Å². The number of amides is 2. The third kappa shape index (κ3) is 4.95. The molecule has 0 radical (unpaired) electrons. The molecule has 0 N–H and O–H groups in total. The van der Waals surface area contributed by atoms with Crippen molar-refractivity contribution >= 4 is 23.7 Å². The molecular formula is C23H34N6O4. The van der Waals surface area contributed by atoms with Gasteiger partial charge in [0.2, 0.25) is 17.8 Å². The van der Waals surface area contributed by atoms with Crippen LogP contribution >= 0.6 is 0 Å². The van der Waals surface area contributed by atoms with Crippen LogP contribution in [0.15, 0.2) is 6.20 Å². The second-order valence-electron chi connectivity index (χ2n) is 9.27. The van der Waals surface area contributed by atoms with Gasteiger partial charge >= 0.3 is 5.97 Å². The maximum Gasteiger partial charge on any atom is 0.325 e. The van der Waals surface area contributed by atoms with Gasteiger partial charge in [0.05, 0.1) is 12.3 Å². The molecule has 10 heteroatoms. The zero-order valence-corrected chi connectivity index (χ0v) is 19.9. The molecule has 0 aromatic carbocycles. The first-order valence-electron chi connectivity index (χ1n) is 11.8. The Morgan fingerprint density at radius 1 is 1.15 bits per heavy atom. The number of ether oxygens (including phenoxy) is 1. The number of carbonyl (C=O) groups excluding carboxylic acids is 3. The summed E-state index contributed by atoms with van der Waals surface area (Å²) in [5.74, 6) is 0.443. The van der Waals surface area contributed by atoms with Crippen LogP contribution in [-0.2, 0) is 32.1 Å². The Morgan fingerprint density at radius 2 is 1.97 bits per heavy atom. The Kier molecular flexibility index (Phi) is 6.83. The number of likely N-dealkylation sites (N-methyl/N-ethyl adjacent to an activating group) is 1. The molecule has 33 heavy (non-hydrogen) atoms. The third-order valence-electron chi connectivity index (χ3n) is 7.28. The molecule has 3 aliphatic heterocycles. The van der Waals surface area contributed by atoms with Crippen molar-refractivity contribution in [2.75, 3.05) is 57.8 Å². The van der Waals surface area contributed by atoms with E-state index in [1.165, 1.54) is 0 Å². The molecule has 4 heterocycles. The average Bonchev–Trinajstić information content (AvgIpc) is 2.95. The van der Waals surface area contributed by atoms with Crippen LogP contribution in [0.25, 0.3) is 0 Å². The van der Waals surface area contributed by atoms with Crippen LogP contribution in [0.1, 0.15) is 44.4 Å². The number of nitrogens with zero attached hydrogens (tertiary/aromatic N) is 6. The predicted octanol–water partition coefficient (Wildman–Crippen LogP) is 0.447. The molecule has 2 amide bonds. The maximum absolute atomic E-state index is 12.7. The lowest BCUT2D eigenvalue weighted by atomic mass is 9.86. The Hall–Kier alpha value is -2.75. The second kappa shape index (κ2) is 9.62. The highest BCUT2D eigenvalue weighted by Crippen LogP contribution is 2.33. The quantitative estimate of drug-likeness (QED) is 0.600. The normalized spacial score (nSPS) is 24.0. The number of carbonyl (C=O) groups is 3. The van der Waals surface area contributed by atoms with E-state index in [0.717, 1.165) is 56.1 Å². The highest BCUT2D eigenvalue weighted by Gasteiger charge is 2.43. The van der Waals surface area contributed by atoms with Crippen molar-refractivity contribution in [3.8, 4) is 0 Å². The minimum atomic E-state index is -0.355. The van der Waals surface area contributed by atoms with Crippen LogP contribution in [0.2, 0.25) is 0 Å². The Labute approximate surface area is 194 Å². The van der Waals surface area contributed by atoms with Crippen molar-refractivity contribution < 1.29 is 19.1 Å². The first-order valence-corrected chi connectivity index (χ1v) is 11.8. The fourth-order valence-corrected chi connectivity index (χ4v) is 5.12. The van der Waals surface area contributed by atoms with Gasteiger partial charge in [-0.15, -0.1) is 0 Å². The molecule has 0 saturated carbocycles. The summed E-state index contributed by atoms with van der Waals surface area (Å²) in [6.45, 7) is 7.88. The molecule has 4 rings (SSSR count). The van der Waals surface area contributed by atoms with Crippen LogP contribution < -0.4 is 4.90 Å². The molecule has 1 unspecified atom stereocenters. The van der Waals surface area contributed by atoms with Gasteiger partial charge in [0.25, 0.3) is 0 Å². The first-order chi connectivity index (χ1) is 15.8. The van der Waals surface area contributed by atoms with Gasteiger partial charge in [-0.05, 0) is 26.8 Å². The number of piperazine rings is 1. The molecular weight excluding hydrogens is 424 g/mol. The summed E-state index contributed by atoms with van der Waals surface area (Å²) in [4.78, 5) is 53.9. The van der Waals surface area contributed by atoms with Gasteiger partial charge in [0.15, 0.2) is 0 Å². The molecule has 0 bridgehead atoms. The number of aromatic nitrogens is 2. The van der Waals surface area contributed by atoms with Gasteiger partial charge in [-0.1, -0.05) is 0 Å². The monoisotopic (exact) mass is 458 g/mol. The lowest BCUT2D eigenvalue weighted by molar-refractivity contribution is -0.148. The van der Waals surface area contributed by atoms with E-state index in [1.807, 2.05) is 11.1 Å². The molecule has 2 fully saturated rings. The molecule has 10 nitrogen and oxygen atoms in total. The van der Waals surface area contributed by atoms with Gasteiger partial charge in [-0.3, -0.25) is 19.3 Å². The van der Waals surface area contributed by atoms with Crippen molar-refractivity contribution in [2.24, 2.45) is 0 Å². The fraction of sp³-hybridized carbons (Fsp3) is 0.696. The lowest BCUT2D eigenvalue weighted by Gasteiger charge is -2.49. The molecule has 1 aromatic rings. The number of hydrogen-bond donors (Lipinski definition) is 0. The fourth-order valence-electron chi connectivity index (χ4n) is 5.12. The molecule has 1 spiro atoms. The Morgan fingerprint density at radius 3 is 2.73 bits per heavy atom. The van der Waals surface area contributed by atoms with E-state index < -0.39 is 0 Å². The largest absolute Gasteiger partial charge is 0.465 e. The zero-order chi connectivity index (χ0) is 23.6. The second-order valence-corrected chi connectivity index (χ2v) is 9.27. The van der Waals surface area contributed by atoms with Crippen molar-refractivity contribution in [3.05, 3.63) is 17.5 Å². The minimum Gasteiger partial charge on any atom is -0.465 e. The predicted molar refractivity (Wildman–Crippen MR) is 121 cm³/mol. The van der Waals surface area contributed by atoms with Gasteiger partial charge in [-0.2, -0.15) is 0 Å². The number of fused-ring (bicyclic) bond motifs is 1. The van der Waals surface area contributed by atoms with E-state index >= 15 is 0 Å². The van der Waals surface area contributed by atoms with Crippen molar-refractivity contribution in [1.82, 2.24) is 24.7 Å². The Bertz CT molecular complexity index is 924. The topological polar surface area (TPSA) is 99.2 Å². The van der Waals surface area contributed by atoms with Crippen LogP contribution in [0.4, 0.5) is 5.95 Å². The summed E-state index contributed by atoms with van der Waals surface area (Å²) in [5.41, 5.74) is 1.85. The zero-order valence-electron chi connectivity index (χ0n) is 19.9. The lowest BCUT2D eigenvalue weighted by Crippen LogP contribution is -2.61. The van der Waals surface area contributed by atoms with Crippen LogP contribution in [0, 0.1) is 0 Å². The summed E-state index contributed by atoms with van der Waals surface area (Å²) in [7, 11) is 2.12. The van der Waals surface area contributed by atoms with E-state index in [-0.39, 0.29) is 29.9 Å². The van der Waals surface area contributed by atoms with E-state index in [4.69, 9.17) is 9.72 Å². The van der Waals surface area contributed by atoms with E-state index in [1.54, 1.807) is 18.7 Å². The highest BCUT2D eigenvalue weighted by molar-refractivity contribution is 5.82. The summed E-state index contributed by atoms with van der Waals surface area (Å²) in [6.07, 6.45) is 4.51. The molecule has 180 valence electrons. The van der Waals surface area contributed by atoms with Gasteiger partial charge in [0, 0.05) is 76.3 Å².